The zero-order valence-corrected chi connectivity index (χ0v) is 12.9. The first kappa shape index (κ1) is 14.6. The number of carbonyl (C=O) groups excluding carboxylic acids is 1. The van der Waals surface area contributed by atoms with E-state index in [1.807, 2.05) is 24.3 Å². The van der Waals surface area contributed by atoms with Crippen molar-refractivity contribution in [2.45, 2.75) is 19.9 Å². The number of hydrogen-bond donors (Lipinski definition) is 2. The molecule has 4 heteroatoms. The Morgan fingerprint density at radius 3 is 2.50 bits per heavy atom. The van der Waals surface area contributed by atoms with Gasteiger partial charge in [-0.2, -0.15) is 0 Å². The Hall–Kier alpha value is -1.81. The van der Waals surface area contributed by atoms with E-state index in [0.29, 0.717) is 0 Å². The van der Waals surface area contributed by atoms with Gasteiger partial charge in [0, 0.05) is 16.7 Å². The molecule has 0 aromatic heterocycles. The molecule has 0 fully saturated rings. The summed E-state index contributed by atoms with van der Waals surface area (Å²) in [5, 5.41) is 3.36. The molecule has 2 aromatic carbocycles. The topological polar surface area (TPSA) is 55.1 Å². The molecule has 0 atom stereocenters. The van der Waals surface area contributed by atoms with Gasteiger partial charge in [0.2, 0.25) is 5.91 Å². The number of carbonyl (C=O) groups is 1. The summed E-state index contributed by atoms with van der Waals surface area (Å²) in [6, 6.07) is 14.0. The first-order chi connectivity index (χ1) is 9.54. The van der Waals surface area contributed by atoms with E-state index in [1.54, 1.807) is 0 Å². The summed E-state index contributed by atoms with van der Waals surface area (Å²) in [5.41, 5.74) is 9.55. The Morgan fingerprint density at radius 1 is 1.20 bits per heavy atom. The summed E-state index contributed by atoms with van der Waals surface area (Å²) in [6.45, 7) is 2.81. The fourth-order valence-electron chi connectivity index (χ4n) is 1.93. The van der Waals surface area contributed by atoms with Gasteiger partial charge in [0.1, 0.15) is 0 Å². The standard InChI is InChI=1S/C16H17BrN2O/c1-11-2-5-13(15(17)8-11)10-19-14-6-3-12(4-7-14)9-16(18)20/h2-8,19H,9-10H2,1H3,(H2,18,20). The number of nitrogens with two attached hydrogens (primary N) is 1. The van der Waals surface area contributed by atoms with Crippen molar-refractivity contribution in [1.82, 2.24) is 0 Å². The molecule has 0 aliphatic heterocycles. The molecule has 2 rings (SSSR count). The minimum absolute atomic E-state index is 0.282. The first-order valence-electron chi connectivity index (χ1n) is 6.41. The highest BCUT2D eigenvalue weighted by Gasteiger charge is 2.01. The highest BCUT2D eigenvalue weighted by Crippen LogP contribution is 2.20. The second-order valence-electron chi connectivity index (χ2n) is 4.79. The van der Waals surface area contributed by atoms with E-state index in [9.17, 15) is 4.79 Å². The molecule has 0 saturated heterocycles. The van der Waals surface area contributed by atoms with Gasteiger partial charge in [-0.05, 0) is 41.8 Å². The van der Waals surface area contributed by atoms with Crippen molar-refractivity contribution >= 4 is 27.5 Å². The average Bonchev–Trinajstić information content (AvgIpc) is 2.39. The summed E-state index contributed by atoms with van der Waals surface area (Å²) in [6.07, 6.45) is 0.282. The Kier molecular flexibility index (Phi) is 4.79. The van der Waals surface area contributed by atoms with Crippen LogP contribution in [0, 0.1) is 6.92 Å². The van der Waals surface area contributed by atoms with Gasteiger partial charge in [0.15, 0.2) is 0 Å². The molecule has 0 bridgehead atoms. The lowest BCUT2D eigenvalue weighted by Gasteiger charge is -2.09. The van der Waals surface area contributed by atoms with Gasteiger partial charge in [-0.3, -0.25) is 4.79 Å². The summed E-state index contributed by atoms with van der Waals surface area (Å²) in [7, 11) is 0. The van der Waals surface area contributed by atoms with Crippen molar-refractivity contribution in [1.29, 1.82) is 0 Å². The molecule has 0 aliphatic rings. The molecule has 0 heterocycles. The van der Waals surface area contributed by atoms with Crippen molar-refractivity contribution in [2.75, 3.05) is 5.32 Å². The van der Waals surface area contributed by atoms with Crippen molar-refractivity contribution < 1.29 is 4.79 Å². The van der Waals surface area contributed by atoms with Crippen LogP contribution in [-0.2, 0) is 17.8 Å². The molecule has 0 radical (unpaired) electrons. The van der Waals surface area contributed by atoms with E-state index < -0.39 is 0 Å². The lowest BCUT2D eigenvalue weighted by atomic mass is 10.1. The van der Waals surface area contributed by atoms with Crippen LogP contribution in [0.15, 0.2) is 46.9 Å². The van der Waals surface area contributed by atoms with E-state index >= 15 is 0 Å². The Bertz CT molecular complexity index is 608. The van der Waals surface area contributed by atoms with Crippen LogP contribution < -0.4 is 11.1 Å². The van der Waals surface area contributed by atoms with E-state index in [-0.39, 0.29) is 12.3 Å². The minimum atomic E-state index is -0.311. The van der Waals surface area contributed by atoms with Crippen LogP contribution in [-0.4, -0.2) is 5.91 Å². The first-order valence-corrected chi connectivity index (χ1v) is 7.20. The van der Waals surface area contributed by atoms with E-state index in [4.69, 9.17) is 5.73 Å². The molecule has 0 aliphatic carbocycles. The maximum atomic E-state index is 10.8. The van der Waals surface area contributed by atoms with Crippen LogP contribution in [0.5, 0.6) is 0 Å². The molecule has 0 saturated carbocycles. The minimum Gasteiger partial charge on any atom is -0.381 e. The fourth-order valence-corrected chi connectivity index (χ4v) is 2.57. The van der Waals surface area contributed by atoms with Gasteiger partial charge >= 0.3 is 0 Å². The Morgan fingerprint density at radius 2 is 1.90 bits per heavy atom. The molecule has 3 nitrogen and oxygen atoms in total. The second kappa shape index (κ2) is 6.57. The van der Waals surface area contributed by atoms with Crippen LogP contribution in [0.3, 0.4) is 0 Å². The summed E-state index contributed by atoms with van der Waals surface area (Å²) >= 11 is 3.57. The largest absolute Gasteiger partial charge is 0.381 e. The zero-order chi connectivity index (χ0) is 14.5. The van der Waals surface area contributed by atoms with Gasteiger partial charge in [0.05, 0.1) is 6.42 Å². The van der Waals surface area contributed by atoms with Crippen LogP contribution in [0.2, 0.25) is 0 Å². The monoisotopic (exact) mass is 332 g/mol. The number of hydrogen-bond acceptors (Lipinski definition) is 2. The maximum absolute atomic E-state index is 10.8. The highest BCUT2D eigenvalue weighted by atomic mass is 79.9. The summed E-state index contributed by atoms with van der Waals surface area (Å²) in [4.78, 5) is 10.8. The van der Waals surface area contributed by atoms with E-state index in [1.165, 1.54) is 11.1 Å². The SMILES string of the molecule is Cc1ccc(CNc2ccc(CC(N)=O)cc2)c(Br)c1. The number of benzene rings is 2. The zero-order valence-electron chi connectivity index (χ0n) is 11.3. The third-order valence-electron chi connectivity index (χ3n) is 3.02. The molecule has 2 aromatic rings. The second-order valence-corrected chi connectivity index (χ2v) is 5.64. The van der Waals surface area contributed by atoms with Crippen molar-refractivity contribution in [3.63, 3.8) is 0 Å². The Balaban J connectivity index is 1.98. The van der Waals surface area contributed by atoms with Gasteiger partial charge in [-0.25, -0.2) is 0 Å². The highest BCUT2D eigenvalue weighted by molar-refractivity contribution is 9.10. The van der Waals surface area contributed by atoms with Crippen LogP contribution in [0.25, 0.3) is 0 Å². The van der Waals surface area contributed by atoms with Crippen molar-refractivity contribution in [2.24, 2.45) is 5.73 Å². The number of halogens is 1. The molecule has 104 valence electrons. The van der Waals surface area contributed by atoms with Gasteiger partial charge in [0.25, 0.3) is 0 Å². The fraction of sp³-hybridized carbons (Fsp3) is 0.188. The number of aryl methyl sites for hydroxylation is 1. The summed E-state index contributed by atoms with van der Waals surface area (Å²) < 4.78 is 1.11. The third kappa shape index (κ3) is 4.10. The molecule has 0 spiro atoms. The predicted molar refractivity (Wildman–Crippen MR) is 85.5 cm³/mol. The quantitative estimate of drug-likeness (QED) is 0.881. The molecule has 0 unspecified atom stereocenters. The third-order valence-corrected chi connectivity index (χ3v) is 3.76. The number of primary amides is 1. The molecule has 3 N–H and O–H groups in total. The number of anilines is 1. The smallest absolute Gasteiger partial charge is 0.221 e. The van der Waals surface area contributed by atoms with Crippen molar-refractivity contribution in [3.8, 4) is 0 Å². The number of amides is 1. The summed E-state index contributed by atoms with van der Waals surface area (Å²) in [5.74, 6) is -0.311. The van der Waals surface area contributed by atoms with Gasteiger partial charge in [-0.1, -0.05) is 40.2 Å². The Labute approximate surface area is 127 Å². The lowest BCUT2D eigenvalue weighted by Crippen LogP contribution is -2.13. The van der Waals surface area contributed by atoms with Gasteiger partial charge in [-0.15, -0.1) is 0 Å². The van der Waals surface area contributed by atoms with Crippen LogP contribution in [0.4, 0.5) is 5.69 Å². The van der Waals surface area contributed by atoms with E-state index in [2.05, 4.69) is 46.4 Å². The maximum Gasteiger partial charge on any atom is 0.221 e. The lowest BCUT2D eigenvalue weighted by molar-refractivity contribution is -0.117. The number of nitrogens with one attached hydrogen (secondary N) is 1. The molecule has 20 heavy (non-hydrogen) atoms. The average molecular weight is 333 g/mol. The number of rotatable bonds is 5. The van der Waals surface area contributed by atoms with Crippen molar-refractivity contribution in [3.05, 3.63) is 63.6 Å². The molecular weight excluding hydrogens is 316 g/mol. The van der Waals surface area contributed by atoms with Gasteiger partial charge < -0.3 is 11.1 Å². The van der Waals surface area contributed by atoms with Crippen LogP contribution in [0.1, 0.15) is 16.7 Å². The normalized spacial score (nSPS) is 10.3. The molecular formula is C16H17BrN2O. The van der Waals surface area contributed by atoms with E-state index in [0.717, 1.165) is 22.3 Å². The predicted octanol–water partition coefficient (Wildman–Crippen LogP) is 3.40. The van der Waals surface area contributed by atoms with Crippen LogP contribution >= 0.6 is 15.9 Å². The molecule has 1 amide bonds.